The third-order valence-electron chi connectivity index (χ3n) is 11.3. The summed E-state index contributed by atoms with van der Waals surface area (Å²) in [6, 6.07) is 62.7. The van der Waals surface area contributed by atoms with Gasteiger partial charge in [0.15, 0.2) is 5.82 Å². The summed E-state index contributed by atoms with van der Waals surface area (Å²) in [7, 11) is 0. The molecule has 0 aliphatic heterocycles. The van der Waals surface area contributed by atoms with E-state index in [1.165, 1.54) is 32.6 Å². The van der Waals surface area contributed by atoms with Crippen molar-refractivity contribution < 1.29 is 4.42 Å². The van der Waals surface area contributed by atoms with Gasteiger partial charge < -0.3 is 13.6 Å². The summed E-state index contributed by atoms with van der Waals surface area (Å²) < 4.78 is 11.5. The summed E-state index contributed by atoms with van der Waals surface area (Å²) in [5.41, 5.74) is 13.8. The summed E-state index contributed by atoms with van der Waals surface area (Å²) >= 11 is 0. The van der Waals surface area contributed by atoms with Gasteiger partial charge in [0.05, 0.1) is 22.1 Å². The largest absolute Gasteiger partial charge is 0.456 e. The van der Waals surface area contributed by atoms with Crippen molar-refractivity contribution in [3.05, 3.63) is 189 Å². The number of para-hydroxylation sites is 3. The Morgan fingerprint density at radius 1 is 0.368 bits per heavy atom. The van der Waals surface area contributed by atoms with E-state index in [1.807, 2.05) is 6.07 Å². The van der Waals surface area contributed by atoms with Crippen LogP contribution in [0.4, 0.5) is 0 Å². The third kappa shape index (κ3) is 4.87. The van der Waals surface area contributed by atoms with Gasteiger partial charge in [0.1, 0.15) is 23.8 Å². The van der Waals surface area contributed by atoms with Gasteiger partial charge in [-0.2, -0.15) is 0 Å². The lowest BCUT2D eigenvalue weighted by molar-refractivity contribution is 0.668. The second-order valence-corrected chi connectivity index (χ2v) is 14.5. The second kappa shape index (κ2) is 12.3. The van der Waals surface area contributed by atoms with E-state index in [0.717, 1.165) is 72.2 Å². The number of benzene rings is 8. The molecule has 0 saturated heterocycles. The summed E-state index contributed by atoms with van der Waals surface area (Å²) in [5, 5.41) is 7.04. The molecule has 0 aliphatic carbocycles. The number of hydrogen-bond acceptors (Lipinski definition) is 4. The van der Waals surface area contributed by atoms with Gasteiger partial charge in [0, 0.05) is 55.3 Å². The third-order valence-corrected chi connectivity index (χ3v) is 11.3. The first-order valence-electron chi connectivity index (χ1n) is 19.1. The maximum atomic E-state index is 6.74. The summed E-state index contributed by atoms with van der Waals surface area (Å²) in [6.07, 6.45) is 3.09. The van der Waals surface area contributed by atoms with Gasteiger partial charge >= 0.3 is 0 Å². The molecule has 0 radical (unpaired) electrons. The van der Waals surface area contributed by atoms with Gasteiger partial charge in [-0.1, -0.05) is 97.1 Å². The highest BCUT2D eigenvalue weighted by atomic mass is 16.3. The lowest BCUT2D eigenvalue weighted by Gasteiger charge is -2.11. The molecule has 0 N–H and O–H groups in total. The molecular weight excluding hydrogens is 699 g/mol. The first-order chi connectivity index (χ1) is 28.3. The van der Waals surface area contributed by atoms with E-state index in [9.17, 15) is 0 Å². The van der Waals surface area contributed by atoms with Crippen LogP contribution < -0.4 is 0 Å². The van der Waals surface area contributed by atoms with Crippen molar-refractivity contribution in [2.75, 3.05) is 0 Å². The van der Waals surface area contributed by atoms with E-state index in [2.05, 4.69) is 194 Å². The van der Waals surface area contributed by atoms with Gasteiger partial charge in [-0.15, -0.1) is 0 Å². The monoisotopic (exact) mass is 729 g/mol. The van der Waals surface area contributed by atoms with Gasteiger partial charge in [-0.25, -0.2) is 15.0 Å². The molecule has 0 saturated carbocycles. The number of nitrogens with zero attached hydrogens (tertiary/aromatic N) is 5. The van der Waals surface area contributed by atoms with Crippen LogP contribution >= 0.6 is 0 Å². The molecule has 12 rings (SSSR count). The highest BCUT2D eigenvalue weighted by Gasteiger charge is 2.20. The van der Waals surface area contributed by atoms with Crippen molar-refractivity contribution in [1.29, 1.82) is 0 Å². The molecule has 6 heteroatoms. The highest BCUT2D eigenvalue weighted by molar-refractivity contribution is 6.19. The molecule has 266 valence electrons. The Morgan fingerprint density at radius 2 is 1.00 bits per heavy atom. The molecule has 12 aromatic rings. The van der Waals surface area contributed by atoms with Crippen molar-refractivity contribution in [2.45, 2.75) is 0 Å². The average molecular weight is 730 g/mol. The topological polar surface area (TPSA) is 61.7 Å². The molecule has 0 atom stereocenters. The minimum atomic E-state index is 0.630. The van der Waals surface area contributed by atoms with Gasteiger partial charge in [0.2, 0.25) is 0 Å². The van der Waals surface area contributed by atoms with E-state index < -0.39 is 0 Å². The Bertz CT molecular complexity index is 3450. The van der Waals surface area contributed by atoms with Crippen LogP contribution in [0.25, 0.3) is 111 Å². The van der Waals surface area contributed by atoms with Crippen LogP contribution in [-0.4, -0.2) is 24.1 Å². The lowest BCUT2D eigenvalue weighted by Crippen LogP contribution is -1.95. The molecule has 0 aliphatic rings. The Hall–Kier alpha value is -7.83. The number of fused-ring (bicyclic) bond motifs is 9. The molecule has 0 amide bonds. The molecule has 57 heavy (non-hydrogen) atoms. The minimum Gasteiger partial charge on any atom is -0.456 e. The van der Waals surface area contributed by atoms with Crippen molar-refractivity contribution in [1.82, 2.24) is 24.1 Å². The van der Waals surface area contributed by atoms with Crippen LogP contribution in [0.1, 0.15) is 0 Å². The van der Waals surface area contributed by atoms with E-state index in [-0.39, 0.29) is 0 Å². The molecule has 0 bridgehead atoms. The van der Waals surface area contributed by atoms with E-state index in [1.54, 1.807) is 12.7 Å². The average Bonchev–Trinajstić information content (AvgIpc) is 3.93. The molecular formula is C51H31N5O. The minimum absolute atomic E-state index is 0.630. The number of furan rings is 1. The number of rotatable bonds is 5. The van der Waals surface area contributed by atoms with Crippen molar-refractivity contribution in [2.24, 2.45) is 0 Å². The zero-order valence-electron chi connectivity index (χ0n) is 30.5. The van der Waals surface area contributed by atoms with Crippen molar-refractivity contribution in [3.63, 3.8) is 0 Å². The van der Waals surface area contributed by atoms with Crippen LogP contribution in [0.2, 0.25) is 0 Å². The Kier molecular flexibility index (Phi) is 6.83. The van der Waals surface area contributed by atoms with Gasteiger partial charge in [-0.05, 0) is 95.1 Å². The van der Waals surface area contributed by atoms with Crippen LogP contribution in [0.3, 0.4) is 0 Å². The van der Waals surface area contributed by atoms with Gasteiger partial charge in [-0.3, -0.25) is 0 Å². The number of hydrogen-bond donors (Lipinski definition) is 0. The first kappa shape index (κ1) is 31.5. The summed E-state index contributed by atoms with van der Waals surface area (Å²) in [6.45, 7) is 0. The van der Waals surface area contributed by atoms with Crippen molar-refractivity contribution >= 4 is 65.6 Å². The molecule has 0 fully saturated rings. The smallest absolute Gasteiger partial charge is 0.162 e. The summed E-state index contributed by atoms with van der Waals surface area (Å²) in [5.74, 6) is 0.630. The first-order valence-corrected chi connectivity index (χ1v) is 19.1. The summed E-state index contributed by atoms with van der Waals surface area (Å²) in [4.78, 5) is 13.1. The molecule has 4 aromatic heterocycles. The van der Waals surface area contributed by atoms with Crippen molar-refractivity contribution in [3.8, 4) is 45.0 Å². The van der Waals surface area contributed by atoms with E-state index in [4.69, 9.17) is 4.42 Å². The predicted molar refractivity (Wildman–Crippen MR) is 232 cm³/mol. The molecule has 6 nitrogen and oxygen atoms in total. The molecule has 0 spiro atoms. The predicted octanol–water partition coefficient (Wildman–Crippen LogP) is 13.0. The Balaban J connectivity index is 1.08. The lowest BCUT2D eigenvalue weighted by atomic mass is 9.93. The van der Waals surface area contributed by atoms with E-state index in [0.29, 0.717) is 5.82 Å². The van der Waals surface area contributed by atoms with Gasteiger partial charge in [0.25, 0.3) is 0 Å². The fourth-order valence-electron chi connectivity index (χ4n) is 8.86. The Morgan fingerprint density at radius 3 is 1.74 bits per heavy atom. The zero-order valence-corrected chi connectivity index (χ0v) is 30.5. The molecule has 4 heterocycles. The maximum absolute atomic E-state index is 6.74. The second-order valence-electron chi connectivity index (χ2n) is 14.5. The fraction of sp³-hybridized carbons (Fsp3) is 0. The molecule has 0 unspecified atom stereocenters. The normalized spacial score (nSPS) is 11.9. The SMILES string of the molecule is c1ccc(-c2cc(-c3ncncn3)cc(-c3cccc4oc5cc(-n6c7ccccc7c7cc8c9ccccc9n(-c9ccccc9)c8cc76)ccc5c34)c2)cc1. The zero-order chi connectivity index (χ0) is 37.5. The highest BCUT2D eigenvalue weighted by Crippen LogP contribution is 2.43. The van der Waals surface area contributed by atoms with Crippen LogP contribution in [0.15, 0.2) is 193 Å². The quantitative estimate of drug-likeness (QED) is 0.177. The van der Waals surface area contributed by atoms with Crippen LogP contribution in [0, 0.1) is 0 Å². The van der Waals surface area contributed by atoms with Crippen LogP contribution in [-0.2, 0) is 0 Å². The fourth-order valence-corrected chi connectivity index (χ4v) is 8.86. The van der Waals surface area contributed by atoms with E-state index >= 15 is 0 Å². The van der Waals surface area contributed by atoms with Crippen LogP contribution in [0.5, 0.6) is 0 Å². The standard InChI is InChI=1S/C51H31N5O/c1-3-12-32(13-4-1)33-24-34(26-35(25-33)51-53-30-52-31-54-51)38-18-11-21-48-50(38)41-23-22-37(27-49(41)57-48)56-45-20-10-8-17-40(45)43-28-42-39-16-7-9-19-44(39)55(46(42)29-47(43)56)36-14-5-2-6-15-36/h1-31H. The Labute approximate surface area is 326 Å². The number of aromatic nitrogens is 5. The maximum Gasteiger partial charge on any atom is 0.162 e. The molecule has 8 aromatic carbocycles.